The number of alkyl halides is 3. The summed E-state index contributed by atoms with van der Waals surface area (Å²) in [6, 6.07) is 20.3. The Balaban J connectivity index is 1.83. The van der Waals surface area contributed by atoms with Gasteiger partial charge < -0.3 is 9.30 Å². The summed E-state index contributed by atoms with van der Waals surface area (Å²) in [4.78, 5) is 13.2. The van der Waals surface area contributed by atoms with Crippen LogP contribution in [0.2, 0.25) is 0 Å². The van der Waals surface area contributed by atoms with Crippen molar-refractivity contribution in [2.24, 2.45) is 0 Å². The standard InChI is InChI=1S/C30H25F3N2O2/c1-18-5-6-23(21(4)12-18)17-35-28(15-27(30(31,32)33)26(16-34)29(35)36)22-7-9-24(10-8-22)37-25-13-19(2)11-20(3)14-25/h5-15H,17H2,1-4H3. The maximum atomic E-state index is 13.8. The number of rotatable bonds is 5. The summed E-state index contributed by atoms with van der Waals surface area (Å²) in [7, 11) is 0. The lowest BCUT2D eigenvalue weighted by atomic mass is 10.0. The minimum Gasteiger partial charge on any atom is -0.457 e. The van der Waals surface area contributed by atoms with Gasteiger partial charge in [0, 0.05) is 0 Å². The Hall–Kier alpha value is -4.31. The molecule has 0 atom stereocenters. The van der Waals surface area contributed by atoms with Gasteiger partial charge in [-0.25, -0.2) is 0 Å². The Bertz CT molecular complexity index is 1560. The molecule has 0 N–H and O–H groups in total. The number of ether oxygens (including phenoxy) is 1. The minimum absolute atomic E-state index is 0.0217. The molecule has 4 aromatic rings. The molecule has 1 heterocycles. The number of halogens is 3. The van der Waals surface area contributed by atoms with Gasteiger partial charge in [0.05, 0.1) is 17.8 Å². The zero-order valence-electron chi connectivity index (χ0n) is 20.9. The number of nitrogens with zero attached hydrogens (tertiary/aromatic N) is 2. The van der Waals surface area contributed by atoms with E-state index in [1.165, 1.54) is 10.6 Å². The predicted octanol–water partition coefficient (Wildman–Crippen LogP) is 7.48. The molecule has 0 aliphatic rings. The van der Waals surface area contributed by atoms with E-state index < -0.39 is 22.9 Å². The quantitative estimate of drug-likeness (QED) is 0.284. The van der Waals surface area contributed by atoms with Gasteiger partial charge in [-0.05, 0) is 98.0 Å². The summed E-state index contributed by atoms with van der Waals surface area (Å²) in [6.45, 7) is 7.75. The molecule has 0 saturated heterocycles. The largest absolute Gasteiger partial charge is 0.457 e. The predicted molar refractivity (Wildman–Crippen MR) is 137 cm³/mol. The zero-order chi connectivity index (χ0) is 26.9. The first kappa shape index (κ1) is 25.8. The summed E-state index contributed by atoms with van der Waals surface area (Å²) in [5.74, 6) is 1.15. The van der Waals surface area contributed by atoms with Crippen LogP contribution in [0.15, 0.2) is 71.5 Å². The molecule has 7 heteroatoms. The Morgan fingerprint density at radius 3 is 2.05 bits per heavy atom. The number of pyridine rings is 1. The third-order valence-electron chi connectivity index (χ3n) is 6.12. The first-order valence-corrected chi connectivity index (χ1v) is 11.6. The minimum atomic E-state index is -4.86. The lowest BCUT2D eigenvalue weighted by Gasteiger charge is -2.19. The van der Waals surface area contributed by atoms with Crippen molar-refractivity contribution in [2.45, 2.75) is 40.4 Å². The van der Waals surface area contributed by atoms with Crippen LogP contribution in [0.5, 0.6) is 11.5 Å². The lowest BCUT2D eigenvalue weighted by molar-refractivity contribution is -0.137. The number of aryl methyl sites for hydroxylation is 4. The molecule has 37 heavy (non-hydrogen) atoms. The van der Waals surface area contributed by atoms with Gasteiger partial charge in [-0.15, -0.1) is 0 Å². The molecule has 0 amide bonds. The topological polar surface area (TPSA) is 55.0 Å². The molecule has 3 aromatic carbocycles. The third-order valence-corrected chi connectivity index (χ3v) is 6.12. The summed E-state index contributed by atoms with van der Waals surface area (Å²) in [5, 5.41) is 9.44. The summed E-state index contributed by atoms with van der Waals surface area (Å²) in [6.07, 6.45) is -4.86. The molecule has 188 valence electrons. The molecule has 0 aliphatic heterocycles. The Morgan fingerprint density at radius 2 is 1.49 bits per heavy atom. The van der Waals surface area contributed by atoms with Crippen LogP contribution in [0.3, 0.4) is 0 Å². The van der Waals surface area contributed by atoms with Gasteiger partial charge in [0.1, 0.15) is 23.1 Å². The van der Waals surface area contributed by atoms with Crippen molar-refractivity contribution in [1.82, 2.24) is 4.57 Å². The van der Waals surface area contributed by atoms with Crippen LogP contribution in [0.1, 0.15) is 38.9 Å². The van der Waals surface area contributed by atoms with Crippen molar-refractivity contribution in [3.63, 3.8) is 0 Å². The molecule has 4 rings (SSSR count). The SMILES string of the molecule is Cc1cc(C)cc(Oc2ccc(-c3cc(C(F)(F)F)c(C#N)c(=O)n3Cc3ccc(C)cc3C)cc2)c1. The average Bonchev–Trinajstić information content (AvgIpc) is 2.81. The Labute approximate surface area is 213 Å². The van der Waals surface area contributed by atoms with Crippen LogP contribution in [0, 0.1) is 39.0 Å². The first-order chi connectivity index (χ1) is 17.5. The maximum Gasteiger partial charge on any atom is 0.417 e. The van der Waals surface area contributed by atoms with E-state index in [-0.39, 0.29) is 12.2 Å². The van der Waals surface area contributed by atoms with Crippen LogP contribution in [0.25, 0.3) is 11.3 Å². The highest BCUT2D eigenvalue weighted by molar-refractivity contribution is 5.64. The fourth-order valence-electron chi connectivity index (χ4n) is 4.39. The van der Waals surface area contributed by atoms with Gasteiger partial charge in [-0.3, -0.25) is 4.79 Å². The van der Waals surface area contributed by atoms with Crippen molar-refractivity contribution in [1.29, 1.82) is 5.26 Å². The zero-order valence-corrected chi connectivity index (χ0v) is 20.9. The Kier molecular flexibility index (Phi) is 6.95. The lowest BCUT2D eigenvalue weighted by Crippen LogP contribution is -2.29. The normalized spacial score (nSPS) is 11.3. The van der Waals surface area contributed by atoms with Gasteiger partial charge in [-0.1, -0.05) is 29.8 Å². The maximum absolute atomic E-state index is 13.8. The van der Waals surface area contributed by atoms with Crippen molar-refractivity contribution in [3.05, 3.63) is 116 Å². The molecule has 0 spiro atoms. The van der Waals surface area contributed by atoms with E-state index in [0.717, 1.165) is 33.9 Å². The van der Waals surface area contributed by atoms with Gasteiger partial charge in [0.2, 0.25) is 0 Å². The van der Waals surface area contributed by atoms with Crippen LogP contribution >= 0.6 is 0 Å². The molecule has 1 aromatic heterocycles. The highest BCUT2D eigenvalue weighted by atomic mass is 19.4. The molecular formula is C30H25F3N2O2. The van der Waals surface area contributed by atoms with E-state index in [0.29, 0.717) is 17.1 Å². The van der Waals surface area contributed by atoms with Crippen LogP contribution in [0.4, 0.5) is 13.2 Å². The molecule has 0 fully saturated rings. The van der Waals surface area contributed by atoms with Crippen LogP contribution in [-0.2, 0) is 12.7 Å². The molecular weight excluding hydrogens is 477 g/mol. The Morgan fingerprint density at radius 1 is 0.838 bits per heavy atom. The van der Waals surface area contributed by atoms with E-state index in [4.69, 9.17) is 4.74 Å². The summed E-state index contributed by atoms with van der Waals surface area (Å²) < 4.78 is 48.6. The smallest absolute Gasteiger partial charge is 0.417 e. The van der Waals surface area contributed by atoms with Crippen LogP contribution < -0.4 is 10.3 Å². The van der Waals surface area contributed by atoms with Gasteiger partial charge in [-0.2, -0.15) is 18.4 Å². The number of hydrogen-bond acceptors (Lipinski definition) is 3. The second-order valence-electron chi connectivity index (χ2n) is 9.20. The molecule has 0 saturated carbocycles. The molecule has 0 radical (unpaired) electrons. The van der Waals surface area contributed by atoms with Gasteiger partial charge in [0.15, 0.2) is 0 Å². The number of nitriles is 1. The van der Waals surface area contributed by atoms with E-state index in [1.54, 1.807) is 24.3 Å². The van der Waals surface area contributed by atoms with Crippen molar-refractivity contribution < 1.29 is 17.9 Å². The second-order valence-corrected chi connectivity index (χ2v) is 9.20. The van der Waals surface area contributed by atoms with Crippen molar-refractivity contribution in [3.8, 4) is 28.8 Å². The molecule has 0 unspecified atom stereocenters. The number of aromatic nitrogens is 1. The molecule has 0 aliphatic carbocycles. The van der Waals surface area contributed by atoms with E-state index >= 15 is 0 Å². The second kappa shape index (κ2) is 9.98. The van der Waals surface area contributed by atoms with Gasteiger partial charge >= 0.3 is 6.18 Å². The monoisotopic (exact) mass is 502 g/mol. The molecule has 0 bridgehead atoms. The highest BCUT2D eigenvalue weighted by Gasteiger charge is 2.36. The summed E-state index contributed by atoms with van der Waals surface area (Å²) in [5.41, 5.74) is 2.08. The third kappa shape index (κ3) is 5.59. The number of benzene rings is 3. The van der Waals surface area contributed by atoms with Crippen molar-refractivity contribution in [2.75, 3.05) is 0 Å². The van der Waals surface area contributed by atoms with Crippen LogP contribution in [-0.4, -0.2) is 4.57 Å². The first-order valence-electron chi connectivity index (χ1n) is 11.6. The average molecular weight is 503 g/mol. The summed E-state index contributed by atoms with van der Waals surface area (Å²) >= 11 is 0. The van der Waals surface area contributed by atoms with E-state index in [1.807, 2.05) is 64.1 Å². The van der Waals surface area contributed by atoms with Gasteiger partial charge in [0.25, 0.3) is 5.56 Å². The van der Waals surface area contributed by atoms with E-state index in [2.05, 4.69) is 0 Å². The fourth-order valence-corrected chi connectivity index (χ4v) is 4.39. The fraction of sp³-hybridized carbons (Fsp3) is 0.200. The molecule has 4 nitrogen and oxygen atoms in total. The number of hydrogen-bond donors (Lipinski definition) is 0. The highest BCUT2D eigenvalue weighted by Crippen LogP contribution is 2.34. The van der Waals surface area contributed by atoms with E-state index in [9.17, 15) is 23.2 Å². The van der Waals surface area contributed by atoms with Crippen molar-refractivity contribution >= 4 is 0 Å².